The number of ether oxygens (including phenoxy) is 3. The fraction of sp³-hybridized carbons (Fsp3) is 0.576. The number of amides is 1. The number of aromatic nitrogens is 1. The van der Waals surface area contributed by atoms with Crippen LogP contribution in [-0.2, 0) is 30.7 Å². The summed E-state index contributed by atoms with van der Waals surface area (Å²) >= 11 is 1.35. The predicted molar refractivity (Wildman–Crippen MR) is 176 cm³/mol. The van der Waals surface area contributed by atoms with E-state index in [-0.39, 0.29) is 53.4 Å². The van der Waals surface area contributed by atoms with Gasteiger partial charge in [-0.05, 0) is 61.1 Å². The van der Waals surface area contributed by atoms with E-state index >= 15 is 0 Å². The van der Waals surface area contributed by atoms with Crippen molar-refractivity contribution in [1.82, 2.24) is 14.6 Å². The molecule has 2 bridgehead atoms. The lowest BCUT2D eigenvalue weighted by Crippen LogP contribution is -2.52. The van der Waals surface area contributed by atoms with Crippen LogP contribution in [-0.4, -0.2) is 86.3 Å². The maximum absolute atomic E-state index is 14.2. The van der Waals surface area contributed by atoms with Crippen LogP contribution in [0.1, 0.15) is 39.2 Å². The first-order valence-corrected chi connectivity index (χ1v) is 18.6. The molecule has 3 aromatic rings. The zero-order valence-electron chi connectivity index (χ0n) is 27.1. The highest BCUT2D eigenvalue weighted by Crippen LogP contribution is 2.49. The third-order valence-corrected chi connectivity index (χ3v) is 12.0. The first kappa shape index (κ1) is 34.9. The maximum Gasteiger partial charge on any atom is 0.407 e. The van der Waals surface area contributed by atoms with Crippen molar-refractivity contribution in [3.05, 3.63) is 53.6 Å². The fourth-order valence-corrected chi connectivity index (χ4v) is 9.61. The molecule has 0 spiro atoms. The van der Waals surface area contributed by atoms with Gasteiger partial charge in [0, 0.05) is 43.5 Å². The molecule has 1 aromatic heterocycles. The number of carbonyl (C=O) groups excluding carboxylic acids is 1. The zero-order valence-corrected chi connectivity index (χ0v) is 28.7. The number of benzene rings is 2. The summed E-state index contributed by atoms with van der Waals surface area (Å²) in [5, 5.41) is 18.2. The van der Waals surface area contributed by atoms with E-state index in [1.165, 1.54) is 21.7 Å². The van der Waals surface area contributed by atoms with Gasteiger partial charge in [-0.25, -0.2) is 27.0 Å². The lowest BCUT2D eigenvalue weighted by atomic mass is 9.98. The molecule has 0 radical (unpaired) electrons. The molecule has 5 unspecified atom stereocenters. The Morgan fingerprint density at radius 3 is 2.60 bits per heavy atom. The highest BCUT2D eigenvalue weighted by molar-refractivity contribution is 7.89. The van der Waals surface area contributed by atoms with Gasteiger partial charge < -0.3 is 30.0 Å². The van der Waals surface area contributed by atoms with Crippen molar-refractivity contribution in [2.24, 2.45) is 23.7 Å². The molecule has 3 aliphatic rings. The number of nitrogens with zero attached hydrogens (tertiary/aromatic N) is 2. The third kappa shape index (κ3) is 7.60. The van der Waals surface area contributed by atoms with Gasteiger partial charge in [-0.3, -0.25) is 0 Å². The van der Waals surface area contributed by atoms with E-state index in [4.69, 9.17) is 14.2 Å². The van der Waals surface area contributed by atoms with E-state index < -0.39 is 52.5 Å². The second-order valence-corrected chi connectivity index (χ2v) is 16.3. The molecule has 15 heteroatoms. The number of sulfonamides is 1. The fourth-order valence-electron chi connectivity index (χ4n) is 6.96. The van der Waals surface area contributed by atoms with Crippen molar-refractivity contribution in [3.63, 3.8) is 0 Å². The summed E-state index contributed by atoms with van der Waals surface area (Å²) in [4.78, 5) is 17.9. The number of fused-ring (bicyclic) bond motifs is 2. The molecule has 1 amide bonds. The summed E-state index contributed by atoms with van der Waals surface area (Å²) in [6.07, 6.45) is -1.51. The highest BCUT2D eigenvalue weighted by atomic mass is 32.2. The molecule has 48 heavy (non-hydrogen) atoms. The van der Waals surface area contributed by atoms with Crippen molar-refractivity contribution in [1.29, 1.82) is 0 Å². The number of hydrogen-bond acceptors (Lipinski definition) is 10. The lowest BCUT2D eigenvalue weighted by molar-refractivity contribution is -0.169. The minimum absolute atomic E-state index is 0.00709. The number of anilines is 1. The predicted octanol–water partition coefficient (Wildman–Crippen LogP) is 4.75. The van der Waals surface area contributed by atoms with Crippen LogP contribution < -0.4 is 10.6 Å². The molecule has 3 heterocycles. The van der Waals surface area contributed by atoms with Crippen molar-refractivity contribution in [2.45, 2.75) is 69.5 Å². The Balaban J connectivity index is 1.23. The van der Waals surface area contributed by atoms with Crippen molar-refractivity contribution < 1.29 is 41.3 Å². The first-order valence-electron chi connectivity index (χ1n) is 16.4. The van der Waals surface area contributed by atoms with Crippen LogP contribution in [0.3, 0.4) is 0 Å². The molecule has 1 aliphatic carbocycles. The van der Waals surface area contributed by atoms with E-state index in [0.29, 0.717) is 28.6 Å². The summed E-state index contributed by atoms with van der Waals surface area (Å²) in [7, 11) is -4.13. The van der Waals surface area contributed by atoms with Gasteiger partial charge in [-0.2, -0.15) is 4.31 Å². The Hall–Kier alpha value is -2.95. The standard InChI is InChI=1S/C33H42F2N4O7S2/c1-4-7-36-32-37-26-6-5-23(13-29(26)47-32)48(42,43)39(14-18(2)3)15-28(40)27(10-19-8-21(34)12-22(35)9-19)38-33(41)46-30-20-11-24-25(30)17-45-31(24)44-16-20/h5-6,8-9,12-13,18,20,24-25,27-28,30-31,40H,4,7,10-11,14-17H2,1-3H3,(H,36,37)(H,38,41)/t20?,24?,25?,27-,28+,30?,31?/m0/s1. The molecule has 11 nitrogen and oxygen atoms in total. The minimum atomic E-state index is -4.13. The first-order chi connectivity index (χ1) is 22.9. The van der Waals surface area contributed by atoms with Gasteiger partial charge in [0.2, 0.25) is 10.0 Å². The van der Waals surface area contributed by atoms with Gasteiger partial charge in [-0.15, -0.1) is 0 Å². The van der Waals surface area contributed by atoms with Crippen LogP contribution in [0.2, 0.25) is 0 Å². The van der Waals surface area contributed by atoms with E-state index in [1.54, 1.807) is 12.1 Å². The van der Waals surface area contributed by atoms with E-state index in [0.717, 1.165) is 37.6 Å². The summed E-state index contributed by atoms with van der Waals surface area (Å²) in [5.74, 6) is -1.62. The number of rotatable bonds is 14. The number of halogens is 2. The highest BCUT2D eigenvalue weighted by Gasteiger charge is 2.56. The smallest absolute Gasteiger partial charge is 0.407 e. The number of nitrogens with one attached hydrogen (secondary N) is 2. The molecule has 3 fully saturated rings. The minimum Gasteiger partial charge on any atom is -0.445 e. The Morgan fingerprint density at radius 1 is 1.12 bits per heavy atom. The molecule has 2 aliphatic heterocycles. The van der Waals surface area contributed by atoms with Crippen molar-refractivity contribution in [2.75, 3.05) is 38.2 Å². The molecule has 262 valence electrons. The number of aliphatic hydroxyl groups is 1. The van der Waals surface area contributed by atoms with Crippen LogP contribution >= 0.6 is 11.3 Å². The van der Waals surface area contributed by atoms with Crippen LogP contribution in [0.25, 0.3) is 10.2 Å². The largest absolute Gasteiger partial charge is 0.445 e. The second-order valence-electron chi connectivity index (χ2n) is 13.3. The van der Waals surface area contributed by atoms with E-state index in [2.05, 4.69) is 15.6 Å². The average molecular weight is 709 g/mol. The summed E-state index contributed by atoms with van der Waals surface area (Å²) < 4.78 is 75.7. The molecule has 7 atom stereocenters. The molecule has 2 saturated heterocycles. The van der Waals surface area contributed by atoms with Crippen LogP contribution in [0.15, 0.2) is 41.3 Å². The average Bonchev–Trinajstić information content (AvgIpc) is 3.70. The van der Waals surface area contributed by atoms with E-state index in [9.17, 15) is 27.1 Å². The van der Waals surface area contributed by atoms with Gasteiger partial charge in [0.25, 0.3) is 0 Å². The Morgan fingerprint density at radius 2 is 1.88 bits per heavy atom. The van der Waals surface area contributed by atoms with Crippen molar-refractivity contribution >= 4 is 42.8 Å². The van der Waals surface area contributed by atoms with Crippen LogP contribution in [0, 0.1) is 35.3 Å². The topological polar surface area (TPSA) is 139 Å². The van der Waals surface area contributed by atoms with Crippen LogP contribution in [0.5, 0.6) is 0 Å². The molecule has 1 saturated carbocycles. The second kappa shape index (κ2) is 14.5. The van der Waals surface area contributed by atoms with Gasteiger partial charge in [-0.1, -0.05) is 32.1 Å². The number of hydrogen-bond donors (Lipinski definition) is 3. The molecule has 3 N–H and O–H groups in total. The number of carbonyl (C=O) groups is 1. The number of alkyl carbamates (subject to hydrolysis) is 1. The Labute approximate surface area is 283 Å². The van der Waals surface area contributed by atoms with E-state index in [1.807, 2.05) is 20.8 Å². The maximum atomic E-state index is 14.2. The SMILES string of the molecule is CCCNc1nc2ccc(S(=O)(=O)N(CC(C)C)C[C@@H](O)[C@H](Cc3cc(F)cc(F)c3)NC(=O)OC3C4COC5OCC3C5C4)cc2s1. The molecular formula is C33H42F2N4O7S2. The summed E-state index contributed by atoms with van der Waals surface area (Å²) in [5.41, 5.74) is 0.839. The summed E-state index contributed by atoms with van der Waals surface area (Å²) in [6.45, 7) is 6.97. The monoisotopic (exact) mass is 708 g/mol. The number of aliphatic hydroxyl groups excluding tert-OH is 1. The van der Waals surface area contributed by atoms with Gasteiger partial charge in [0.05, 0.1) is 40.5 Å². The van der Waals surface area contributed by atoms with Gasteiger partial charge >= 0.3 is 6.09 Å². The molecule has 2 aromatic carbocycles. The quantitative estimate of drug-likeness (QED) is 0.217. The Kier molecular flexibility index (Phi) is 10.5. The third-order valence-electron chi connectivity index (χ3n) is 9.16. The normalized spacial score (nSPS) is 24.7. The van der Waals surface area contributed by atoms with Crippen molar-refractivity contribution in [3.8, 4) is 0 Å². The van der Waals surface area contributed by atoms with Gasteiger partial charge in [0.1, 0.15) is 17.7 Å². The molecular weight excluding hydrogens is 667 g/mol. The molecule has 6 rings (SSSR count). The Bertz CT molecular complexity index is 1700. The van der Waals surface area contributed by atoms with Gasteiger partial charge in [0.15, 0.2) is 11.4 Å². The van der Waals surface area contributed by atoms with Crippen LogP contribution in [0.4, 0.5) is 18.7 Å². The number of thiazole rings is 1. The zero-order chi connectivity index (χ0) is 34.2. The lowest BCUT2D eigenvalue weighted by Gasteiger charge is -2.31. The summed E-state index contributed by atoms with van der Waals surface area (Å²) in [6, 6.07) is 6.51.